The van der Waals surface area contributed by atoms with Gasteiger partial charge in [0.15, 0.2) is 0 Å². The van der Waals surface area contributed by atoms with E-state index in [9.17, 15) is 14.0 Å². The molecule has 1 atom stereocenters. The van der Waals surface area contributed by atoms with Gasteiger partial charge in [0, 0.05) is 18.5 Å². The molecule has 0 bridgehead atoms. The van der Waals surface area contributed by atoms with E-state index in [4.69, 9.17) is 5.73 Å². The van der Waals surface area contributed by atoms with Crippen molar-refractivity contribution in [1.29, 1.82) is 0 Å². The van der Waals surface area contributed by atoms with Crippen molar-refractivity contribution >= 4 is 12.2 Å². The molecule has 0 radical (unpaired) electrons. The molecule has 0 saturated heterocycles. The van der Waals surface area contributed by atoms with Crippen molar-refractivity contribution in [3.8, 4) is 0 Å². The molecule has 4 nitrogen and oxygen atoms in total. The second kappa shape index (κ2) is 7.01. The van der Waals surface area contributed by atoms with Crippen LogP contribution in [0.2, 0.25) is 0 Å². The van der Waals surface area contributed by atoms with Crippen LogP contribution in [0.1, 0.15) is 44.1 Å². The number of rotatable bonds is 6. The number of carbonyl (C=O) groups excluding carboxylic acids is 2. The molecular weight excluding hydrogens is 307 g/mol. The van der Waals surface area contributed by atoms with Gasteiger partial charge in [-0.15, -0.1) is 0 Å². The van der Waals surface area contributed by atoms with Gasteiger partial charge in [-0.2, -0.15) is 0 Å². The number of nitrogens with one attached hydrogen (secondary N) is 1. The third-order valence-electron chi connectivity index (χ3n) is 5.69. The highest BCUT2D eigenvalue weighted by Gasteiger charge is 2.51. The number of aldehydes is 1. The van der Waals surface area contributed by atoms with Crippen molar-refractivity contribution in [3.05, 3.63) is 35.6 Å². The Morgan fingerprint density at radius 1 is 1.25 bits per heavy atom. The van der Waals surface area contributed by atoms with Crippen LogP contribution in [0, 0.1) is 17.7 Å². The molecule has 2 aliphatic carbocycles. The van der Waals surface area contributed by atoms with Gasteiger partial charge < -0.3 is 15.8 Å². The SMILES string of the molecule is NC(CNC(=O)C1(c2ccc(F)cc2)CC1)C1CCC(C=O)CC1. The molecule has 3 N–H and O–H groups in total. The molecule has 0 heterocycles. The highest BCUT2D eigenvalue weighted by molar-refractivity contribution is 5.91. The first kappa shape index (κ1) is 17.1. The average Bonchev–Trinajstić information content (AvgIpc) is 3.42. The number of hydrogen-bond donors (Lipinski definition) is 2. The Hall–Kier alpha value is -1.75. The van der Waals surface area contributed by atoms with Crippen LogP contribution in [-0.2, 0) is 15.0 Å². The molecule has 5 heteroatoms. The molecule has 2 aliphatic rings. The van der Waals surface area contributed by atoms with Crippen LogP contribution in [0.4, 0.5) is 4.39 Å². The van der Waals surface area contributed by atoms with Gasteiger partial charge in [-0.05, 0) is 62.1 Å². The number of hydrogen-bond acceptors (Lipinski definition) is 3. The zero-order valence-corrected chi connectivity index (χ0v) is 13.8. The lowest BCUT2D eigenvalue weighted by Crippen LogP contribution is -2.46. The highest BCUT2D eigenvalue weighted by atomic mass is 19.1. The predicted molar refractivity (Wildman–Crippen MR) is 89.8 cm³/mol. The molecular formula is C19H25FN2O2. The molecule has 3 rings (SSSR count). The van der Waals surface area contributed by atoms with Crippen molar-refractivity contribution in [3.63, 3.8) is 0 Å². The zero-order chi connectivity index (χ0) is 17.2. The van der Waals surface area contributed by atoms with E-state index in [-0.39, 0.29) is 23.7 Å². The molecule has 0 aromatic heterocycles. The van der Waals surface area contributed by atoms with Crippen LogP contribution in [0.15, 0.2) is 24.3 Å². The smallest absolute Gasteiger partial charge is 0.230 e. The largest absolute Gasteiger partial charge is 0.354 e. The van der Waals surface area contributed by atoms with Gasteiger partial charge in [0.05, 0.1) is 5.41 Å². The van der Waals surface area contributed by atoms with Crippen LogP contribution in [0.3, 0.4) is 0 Å². The Labute approximate surface area is 142 Å². The summed E-state index contributed by atoms with van der Waals surface area (Å²) in [6, 6.07) is 6.12. The standard InChI is InChI=1S/C19H25FN2O2/c20-16-7-5-15(6-8-16)19(9-10-19)18(24)22-11-17(21)14-3-1-13(12-23)2-4-14/h5-8,12-14,17H,1-4,9-11,21H2,(H,22,24). The summed E-state index contributed by atoms with van der Waals surface area (Å²) in [5.41, 5.74) is 6.63. The number of halogens is 1. The lowest BCUT2D eigenvalue weighted by Gasteiger charge is -2.30. The Balaban J connectivity index is 1.52. The highest BCUT2D eigenvalue weighted by Crippen LogP contribution is 2.48. The summed E-state index contributed by atoms with van der Waals surface area (Å²) >= 11 is 0. The van der Waals surface area contributed by atoms with Gasteiger partial charge in [-0.1, -0.05) is 12.1 Å². The summed E-state index contributed by atoms with van der Waals surface area (Å²) in [6.45, 7) is 0.457. The fourth-order valence-electron chi connectivity index (χ4n) is 3.80. The van der Waals surface area contributed by atoms with E-state index in [0.29, 0.717) is 12.5 Å². The molecule has 1 aromatic rings. The molecule has 1 amide bonds. The second-order valence-corrected chi connectivity index (χ2v) is 7.27. The minimum absolute atomic E-state index is 0.00821. The van der Waals surface area contributed by atoms with Gasteiger partial charge in [-0.25, -0.2) is 4.39 Å². The van der Waals surface area contributed by atoms with Crippen molar-refractivity contribution in [2.24, 2.45) is 17.6 Å². The lowest BCUT2D eigenvalue weighted by atomic mass is 9.79. The number of carbonyl (C=O) groups is 2. The fraction of sp³-hybridized carbons (Fsp3) is 0.579. The van der Waals surface area contributed by atoms with E-state index < -0.39 is 5.41 Å². The van der Waals surface area contributed by atoms with Gasteiger partial charge in [-0.3, -0.25) is 4.79 Å². The maximum atomic E-state index is 13.1. The van der Waals surface area contributed by atoms with Crippen molar-refractivity contribution < 1.29 is 14.0 Å². The van der Waals surface area contributed by atoms with E-state index in [1.54, 1.807) is 12.1 Å². The van der Waals surface area contributed by atoms with Crippen LogP contribution in [-0.4, -0.2) is 24.8 Å². The minimum atomic E-state index is -0.497. The topological polar surface area (TPSA) is 72.2 Å². The molecule has 0 aliphatic heterocycles. The first-order valence-electron chi connectivity index (χ1n) is 8.80. The van der Waals surface area contributed by atoms with E-state index in [0.717, 1.165) is 50.4 Å². The Bertz CT molecular complexity index is 590. The van der Waals surface area contributed by atoms with E-state index in [1.165, 1.54) is 12.1 Å². The third-order valence-corrected chi connectivity index (χ3v) is 5.69. The van der Waals surface area contributed by atoms with Crippen molar-refractivity contribution in [2.45, 2.75) is 50.0 Å². The van der Waals surface area contributed by atoms with Crippen LogP contribution < -0.4 is 11.1 Å². The third kappa shape index (κ3) is 3.51. The fourth-order valence-corrected chi connectivity index (χ4v) is 3.80. The van der Waals surface area contributed by atoms with Gasteiger partial charge >= 0.3 is 0 Å². The monoisotopic (exact) mass is 332 g/mol. The molecule has 130 valence electrons. The molecule has 2 saturated carbocycles. The number of nitrogens with two attached hydrogens (primary N) is 1. The quantitative estimate of drug-likeness (QED) is 0.785. The second-order valence-electron chi connectivity index (χ2n) is 7.27. The predicted octanol–water partition coefficient (Wildman–Crippen LogP) is 2.31. The minimum Gasteiger partial charge on any atom is -0.354 e. The summed E-state index contributed by atoms with van der Waals surface area (Å²) in [5.74, 6) is 0.243. The van der Waals surface area contributed by atoms with Gasteiger partial charge in [0.1, 0.15) is 12.1 Å². The zero-order valence-electron chi connectivity index (χ0n) is 13.8. The summed E-state index contributed by atoms with van der Waals surface area (Å²) < 4.78 is 13.1. The summed E-state index contributed by atoms with van der Waals surface area (Å²) in [5, 5.41) is 2.99. The molecule has 1 aromatic carbocycles. The Kier molecular flexibility index (Phi) is 4.99. The molecule has 2 fully saturated rings. The first-order chi connectivity index (χ1) is 11.5. The average molecular weight is 332 g/mol. The summed E-state index contributed by atoms with van der Waals surface area (Å²) in [7, 11) is 0. The van der Waals surface area contributed by atoms with Crippen molar-refractivity contribution in [1.82, 2.24) is 5.32 Å². The number of amides is 1. The van der Waals surface area contributed by atoms with Crippen LogP contribution in [0.5, 0.6) is 0 Å². The van der Waals surface area contributed by atoms with E-state index in [1.807, 2.05) is 0 Å². The Morgan fingerprint density at radius 3 is 2.42 bits per heavy atom. The van der Waals surface area contributed by atoms with Crippen LogP contribution >= 0.6 is 0 Å². The summed E-state index contributed by atoms with van der Waals surface area (Å²) in [6.07, 6.45) is 6.33. The van der Waals surface area contributed by atoms with Crippen molar-refractivity contribution in [2.75, 3.05) is 6.54 Å². The molecule has 24 heavy (non-hydrogen) atoms. The molecule has 1 unspecified atom stereocenters. The molecule has 0 spiro atoms. The van der Waals surface area contributed by atoms with Crippen LogP contribution in [0.25, 0.3) is 0 Å². The number of benzene rings is 1. The van der Waals surface area contributed by atoms with Gasteiger partial charge in [0.25, 0.3) is 0 Å². The van der Waals surface area contributed by atoms with E-state index >= 15 is 0 Å². The van der Waals surface area contributed by atoms with E-state index in [2.05, 4.69) is 5.32 Å². The first-order valence-corrected chi connectivity index (χ1v) is 8.80. The maximum absolute atomic E-state index is 13.1. The maximum Gasteiger partial charge on any atom is 0.230 e. The van der Waals surface area contributed by atoms with Gasteiger partial charge in [0.2, 0.25) is 5.91 Å². The normalized spacial score (nSPS) is 26.4. The lowest BCUT2D eigenvalue weighted by molar-refractivity contribution is -0.123. The summed E-state index contributed by atoms with van der Waals surface area (Å²) in [4.78, 5) is 23.4. The Morgan fingerprint density at radius 2 is 1.88 bits per heavy atom.